The molecule has 47 heavy (non-hydrogen) atoms. The number of benzene rings is 2. The Bertz CT molecular complexity index is 2050. The molecule has 3 aliphatic rings. The molecule has 246 valence electrons. The number of para-hydroxylation sites is 1. The van der Waals surface area contributed by atoms with Crippen LogP contribution in [0.4, 0.5) is 5.69 Å². The quantitative estimate of drug-likeness (QED) is 0.307. The minimum Gasteiger partial charge on any atom is -0.496 e. The Morgan fingerprint density at radius 2 is 1.66 bits per heavy atom. The van der Waals surface area contributed by atoms with Crippen molar-refractivity contribution in [3.05, 3.63) is 74.1 Å². The van der Waals surface area contributed by atoms with Crippen molar-refractivity contribution in [2.75, 3.05) is 32.2 Å². The van der Waals surface area contributed by atoms with Crippen molar-refractivity contribution in [3.63, 3.8) is 0 Å². The first kappa shape index (κ1) is 30.8. The van der Waals surface area contributed by atoms with Gasteiger partial charge in [0.15, 0.2) is 0 Å². The van der Waals surface area contributed by atoms with Gasteiger partial charge in [-0.2, -0.15) is 0 Å². The predicted molar refractivity (Wildman–Crippen MR) is 178 cm³/mol. The van der Waals surface area contributed by atoms with Crippen molar-refractivity contribution in [2.24, 2.45) is 14.1 Å². The Kier molecular flexibility index (Phi) is 7.50. The number of methoxy groups -OCH3 is 2. The van der Waals surface area contributed by atoms with Gasteiger partial charge in [0.1, 0.15) is 17.5 Å². The van der Waals surface area contributed by atoms with Gasteiger partial charge in [-0.1, -0.05) is 6.07 Å². The van der Waals surface area contributed by atoms with Gasteiger partial charge >= 0.3 is 5.69 Å². The lowest BCUT2D eigenvalue weighted by Gasteiger charge is -2.36. The number of nitrogens with zero attached hydrogens (tertiary/aromatic N) is 5. The van der Waals surface area contributed by atoms with E-state index in [1.165, 1.54) is 0 Å². The first-order valence-corrected chi connectivity index (χ1v) is 16.0. The third kappa shape index (κ3) is 4.84. The fraction of sp³-hybridized carbons (Fsp3) is 0.429. The van der Waals surface area contributed by atoms with E-state index < -0.39 is 11.9 Å². The second-order valence-corrected chi connectivity index (χ2v) is 13.0. The normalized spacial score (nSPS) is 21.1. The van der Waals surface area contributed by atoms with Crippen molar-refractivity contribution in [2.45, 2.75) is 57.8 Å². The SMILES string of the molecule is COc1cc(-c2cn(C)c(=O)c(C)c2C)cc(OC)c1CN1C[C@H]2C[C@@H]1CN2c1cccc2c1n(C)c(=O)n2C1CCC(=O)NC1=O. The second kappa shape index (κ2) is 11.4. The summed E-state index contributed by atoms with van der Waals surface area (Å²) in [5, 5.41) is 2.39. The number of fused-ring (bicyclic) bond motifs is 3. The number of imide groups is 1. The van der Waals surface area contributed by atoms with Gasteiger partial charge in [-0.05, 0) is 62.1 Å². The molecule has 7 rings (SSSR count). The number of aryl methyl sites for hydroxylation is 2. The third-order valence-corrected chi connectivity index (χ3v) is 10.5. The molecular weight excluding hydrogens is 600 g/mol. The van der Waals surface area contributed by atoms with Crippen LogP contribution in [-0.2, 0) is 30.2 Å². The zero-order valence-electron chi connectivity index (χ0n) is 27.6. The molecule has 1 N–H and O–H groups in total. The zero-order valence-corrected chi connectivity index (χ0v) is 27.6. The molecule has 2 amide bonds. The molecule has 1 unspecified atom stereocenters. The van der Waals surface area contributed by atoms with Gasteiger partial charge in [0, 0.05) is 69.6 Å². The van der Waals surface area contributed by atoms with Crippen LogP contribution in [0.25, 0.3) is 22.2 Å². The maximum absolute atomic E-state index is 13.5. The fourth-order valence-electron chi connectivity index (χ4n) is 7.88. The maximum Gasteiger partial charge on any atom is 0.329 e. The Hall–Kier alpha value is -4.84. The molecule has 4 aromatic rings. The first-order valence-electron chi connectivity index (χ1n) is 16.0. The van der Waals surface area contributed by atoms with Crippen LogP contribution in [0.15, 0.2) is 46.1 Å². The van der Waals surface area contributed by atoms with Crippen molar-refractivity contribution in [3.8, 4) is 22.6 Å². The molecule has 3 aliphatic heterocycles. The summed E-state index contributed by atoms with van der Waals surface area (Å²) in [5.41, 5.74) is 6.70. The molecule has 3 fully saturated rings. The summed E-state index contributed by atoms with van der Waals surface area (Å²) < 4.78 is 16.6. The van der Waals surface area contributed by atoms with Gasteiger partial charge in [0.25, 0.3) is 5.56 Å². The van der Waals surface area contributed by atoms with E-state index in [0.717, 1.165) is 64.5 Å². The Morgan fingerprint density at radius 1 is 0.936 bits per heavy atom. The van der Waals surface area contributed by atoms with E-state index in [9.17, 15) is 19.2 Å². The van der Waals surface area contributed by atoms with Crippen LogP contribution in [0, 0.1) is 13.8 Å². The minimum absolute atomic E-state index is 0.00901. The number of hydrogen-bond acceptors (Lipinski definition) is 8. The molecule has 0 spiro atoms. The number of piperidine rings is 1. The molecule has 5 heterocycles. The van der Waals surface area contributed by atoms with Crippen LogP contribution in [0.3, 0.4) is 0 Å². The molecule has 0 radical (unpaired) electrons. The number of piperazine rings is 1. The highest BCUT2D eigenvalue weighted by atomic mass is 16.5. The molecule has 0 aliphatic carbocycles. The number of ether oxygens (including phenoxy) is 2. The summed E-state index contributed by atoms with van der Waals surface area (Å²) in [5.74, 6) is 0.730. The number of carbonyl (C=O) groups is 2. The van der Waals surface area contributed by atoms with E-state index in [4.69, 9.17) is 9.47 Å². The number of amides is 2. The van der Waals surface area contributed by atoms with Gasteiger partial charge < -0.3 is 18.9 Å². The summed E-state index contributed by atoms with van der Waals surface area (Å²) in [6.45, 7) is 6.09. The van der Waals surface area contributed by atoms with E-state index in [0.29, 0.717) is 24.0 Å². The largest absolute Gasteiger partial charge is 0.496 e. The second-order valence-electron chi connectivity index (χ2n) is 13.0. The summed E-state index contributed by atoms with van der Waals surface area (Å²) in [7, 11) is 6.85. The Morgan fingerprint density at radius 3 is 2.30 bits per heavy atom. The fourth-order valence-corrected chi connectivity index (χ4v) is 7.88. The average molecular weight is 641 g/mol. The van der Waals surface area contributed by atoms with E-state index in [2.05, 4.69) is 21.2 Å². The maximum atomic E-state index is 13.5. The van der Waals surface area contributed by atoms with Crippen LogP contribution in [0.2, 0.25) is 0 Å². The van der Waals surface area contributed by atoms with Crippen molar-refractivity contribution >= 4 is 28.5 Å². The number of likely N-dealkylation sites (tertiary alicyclic amines) is 1. The van der Waals surface area contributed by atoms with Crippen LogP contribution in [0.1, 0.15) is 42.0 Å². The number of rotatable bonds is 7. The molecule has 0 saturated carbocycles. The molecular formula is C35H40N6O6. The Balaban J connectivity index is 1.17. The van der Waals surface area contributed by atoms with Crippen LogP contribution >= 0.6 is 0 Å². The number of pyridine rings is 1. The third-order valence-electron chi connectivity index (χ3n) is 10.5. The zero-order chi connectivity index (χ0) is 33.3. The van der Waals surface area contributed by atoms with Crippen LogP contribution < -0.4 is 30.9 Å². The number of aromatic nitrogens is 3. The van der Waals surface area contributed by atoms with E-state index in [1.54, 1.807) is 42.0 Å². The standard InChI is InChI=1S/C35H40N6O6/c1-19-20(2)34(44)37(3)17-24(19)21-12-29(46-5)25(30(13-21)47-6)18-39-15-23-14-22(39)16-40(23)26-8-7-9-27-32(26)38(4)35(45)41(27)28-10-11-31(42)36-33(28)43/h7-9,12-13,17,22-23,28H,10-11,14-16,18H2,1-6H3,(H,36,42,43)/t22-,23-,28?/m1/s1. The van der Waals surface area contributed by atoms with E-state index in [-0.39, 0.29) is 35.7 Å². The topological polar surface area (TPSA) is 120 Å². The number of nitrogens with one attached hydrogen (secondary N) is 1. The summed E-state index contributed by atoms with van der Waals surface area (Å²) >= 11 is 0. The number of hydrogen-bond donors (Lipinski definition) is 1. The number of carbonyl (C=O) groups excluding carboxylic acids is 2. The van der Waals surface area contributed by atoms with Gasteiger partial charge in [-0.15, -0.1) is 0 Å². The lowest BCUT2D eigenvalue weighted by molar-refractivity contribution is -0.135. The molecule has 2 aromatic heterocycles. The lowest BCUT2D eigenvalue weighted by atomic mass is 9.97. The molecule has 12 nitrogen and oxygen atoms in total. The lowest BCUT2D eigenvalue weighted by Crippen LogP contribution is -2.46. The van der Waals surface area contributed by atoms with Crippen LogP contribution in [0.5, 0.6) is 11.5 Å². The number of imidazole rings is 1. The smallest absolute Gasteiger partial charge is 0.329 e. The molecule has 2 bridgehead atoms. The van der Waals surface area contributed by atoms with Gasteiger partial charge in [-0.25, -0.2) is 4.79 Å². The van der Waals surface area contributed by atoms with Crippen molar-refractivity contribution in [1.82, 2.24) is 23.9 Å². The first-order chi connectivity index (χ1) is 22.5. The highest BCUT2D eigenvalue weighted by Crippen LogP contribution is 2.42. The van der Waals surface area contributed by atoms with Gasteiger partial charge in [0.05, 0.1) is 36.5 Å². The molecule has 3 atom stereocenters. The predicted octanol–water partition coefficient (Wildman–Crippen LogP) is 2.78. The van der Waals surface area contributed by atoms with E-state index >= 15 is 0 Å². The Labute approximate surface area is 272 Å². The minimum atomic E-state index is -0.720. The van der Waals surface area contributed by atoms with Gasteiger partial charge in [-0.3, -0.25) is 33.7 Å². The summed E-state index contributed by atoms with van der Waals surface area (Å²) in [4.78, 5) is 55.4. The molecule has 3 saturated heterocycles. The molecule has 2 aromatic carbocycles. The highest BCUT2D eigenvalue weighted by Gasteiger charge is 2.44. The van der Waals surface area contributed by atoms with E-state index in [1.807, 2.05) is 44.3 Å². The van der Waals surface area contributed by atoms with Crippen LogP contribution in [-0.4, -0.2) is 69.8 Å². The monoisotopic (exact) mass is 640 g/mol. The average Bonchev–Trinajstić information content (AvgIpc) is 3.73. The van der Waals surface area contributed by atoms with Crippen molar-refractivity contribution in [1.29, 1.82) is 0 Å². The highest BCUT2D eigenvalue weighted by molar-refractivity contribution is 6.00. The molecule has 12 heteroatoms. The summed E-state index contributed by atoms with van der Waals surface area (Å²) in [6, 6.07) is 9.73. The summed E-state index contributed by atoms with van der Waals surface area (Å²) in [6.07, 6.45) is 3.35. The number of anilines is 1. The van der Waals surface area contributed by atoms with Gasteiger partial charge in [0.2, 0.25) is 11.8 Å². The van der Waals surface area contributed by atoms with Crippen molar-refractivity contribution < 1.29 is 19.1 Å².